The van der Waals surface area contributed by atoms with Gasteiger partial charge in [0, 0.05) is 8.95 Å². The number of hydrogen-bond acceptors (Lipinski definition) is 4. The van der Waals surface area contributed by atoms with Crippen molar-refractivity contribution in [2.45, 2.75) is 24.8 Å². The van der Waals surface area contributed by atoms with Crippen LogP contribution in [0.2, 0.25) is 0 Å². The van der Waals surface area contributed by atoms with Gasteiger partial charge in [-0.2, -0.15) is 0 Å². The highest BCUT2D eigenvalue weighted by Gasteiger charge is 2.28. The third-order valence-corrected chi connectivity index (χ3v) is 5.95. The lowest BCUT2D eigenvalue weighted by molar-refractivity contribution is -0.145. The maximum Gasteiger partial charge on any atom is 0.327 e. The fourth-order valence-corrected chi connectivity index (χ4v) is 4.15. The fourth-order valence-electron chi connectivity index (χ4n) is 2.10. The van der Waals surface area contributed by atoms with Crippen LogP contribution in [0.3, 0.4) is 0 Å². The smallest absolute Gasteiger partial charge is 0.327 e. The van der Waals surface area contributed by atoms with E-state index in [-0.39, 0.29) is 11.0 Å². The first-order valence-corrected chi connectivity index (χ1v) is 10.5. The molecule has 0 unspecified atom stereocenters. The fraction of sp³-hybridized carbons (Fsp3) is 0.235. The van der Waals surface area contributed by atoms with E-state index >= 15 is 0 Å². The number of anilines is 1. The third kappa shape index (κ3) is 5.29. The van der Waals surface area contributed by atoms with Gasteiger partial charge in [0.1, 0.15) is 6.54 Å². The van der Waals surface area contributed by atoms with Crippen LogP contribution in [-0.4, -0.2) is 27.0 Å². The summed E-state index contributed by atoms with van der Waals surface area (Å²) in [4.78, 5) is 12.2. The SMILES string of the molecule is CC(C)OC(=O)CN(c1cccc(Br)c1)S(=O)(=O)c1ccc(Br)cc1. The van der Waals surface area contributed by atoms with E-state index < -0.39 is 22.5 Å². The van der Waals surface area contributed by atoms with Crippen LogP contribution in [0.4, 0.5) is 5.69 Å². The summed E-state index contributed by atoms with van der Waals surface area (Å²) in [6.45, 7) is 3.02. The van der Waals surface area contributed by atoms with Crippen molar-refractivity contribution in [3.63, 3.8) is 0 Å². The first-order valence-electron chi connectivity index (χ1n) is 7.43. The Morgan fingerprint density at radius 1 is 1.08 bits per heavy atom. The lowest BCUT2D eigenvalue weighted by atomic mass is 10.3. The van der Waals surface area contributed by atoms with Crippen LogP contribution >= 0.6 is 31.9 Å². The van der Waals surface area contributed by atoms with Gasteiger partial charge in [-0.25, -0.2) is 8.42 Å². The summed E-state index contributed by atoms with van der Waals surface area (Å²) in [5, 5.41) is 0. The molecule has 0 spiro atoms. The lowest BCUT2D eigenvalue weighted by Crippen LogP contribution is -2.37. The van der Waals surface area contributed by atoms with Crippen LogP contribution in [0.5, 0.6) is 0 Å². The molecule has 0 radical (unpaired) electrons. The summed E-state index contributed by atoms with van der Waals surface area (Å²) in [5.74, 6) is -0.615. The summed E-state index contributed by atoms with van der Waals surface area (Å²) >= 11 is 6.61. The van der Waals surface area contributed by atoms with Crippen LogP contribution in [0, 0.1) is 0 Å². The Labute approximate surface area is 164 Å². The number of hydrogen-bond donors (Lipinski definition) is 0. The van der Waals surface area contributed by atoms with Crippen LogP contribution < -0.4 is 4.31 Å². The largest absolute Gasteiger partial charge is 0.462 e. The molecule has 0 atom stereocenters. The van der Waals surface area contributed by atoms with Crippen LogP contribution in [0.1, 0.15) is 13.8 Å². The number of sulfonamides is 1. The molecule has 134 valence electrons. The number of carbonyl (C=O) groups is 1. The molecule has 2 rings (SSSR count). The number of carbonyl (C=O) groups excluding carboxylic acids is 1. The van der Waals surface area contributed by atoms with Gasteiger partial charge in [0.05, 0.1) is 16.7 Å². The molecule has 0 aliphatic heterocycles. The third-order valence-electron chi connectivity index (χ3n) is 3.14. The summed E-state index contributed by atoms with van der Waals surface area (Å²) in [6, 6.07) is 13.0. The first-order chi connectivity index (χ1) is 11.7. The van der Waals surface area contributed by atoms with E-state index in [1.54, 1.807) is 50.2 Å². The second-order valence-electron chi connectivity index (χ2n) is 5.48. The minimum Gasteiger partial charge on any atom is -0.462 e. The standard InChI is InChI=1S/C17H17Br2NO4S/c1-12(2)24-17(21)11-20(15-5-3-4-14(19)10-15)25(22,23)16-8-6-13(18)7-9-16/h3-10,12H,11H2,1-2H3. The highest BCUT2D eigenvalue weighted by Crippen LogP contribution is 2.27. The molecule has 0 amide bonds. The van der Waals surface area contributed by atoms with Crippen molar-refractivity contribution in [3.8, 4) is 0 Å². The molecule has 8 heteroatoms. The van der Waals surface area contributed by atoms with E-state index in [0.29, 0.717) is 10.2 Å². The predicted octanol–water partition coefficient (Wildman–Crippen LogP) is 4.36. The Morgan fingerprint density at radius 3 is 2.28 bits per heavy atom. The molecular formula is C17H17Br2NO4S. The number of nitrogens with zero attached hydrogens (tertiary/aromatic N) is 1. The average molecular weight is 491 g/mol. The van der Waals surface area contributed by atoms with Gasteiger partial charge in [0.25, 0.3) is 10.0 Å². The van der Waals surface area contributed by atoms with Gasteiger partial charge in [0.2, 0.25) is 0 Å². The van der Waals surface area contributed by atoms with Crippen molar-refractivity contribution in [1.29, 1.82) is 0 Å². The van der Waals surface area contributed by atoms with Gasteiger partial charge in [0.15, 0.2) is 0 Å². The van der Waals surface area contributed by atoms with Crippen molar-refractivity contribution < 1.29 is 17.9 Å². The maximum absolute atomic E-state index is 13.1. The van der Waals surface area contributed by atoms with Gasteiger partial charge < -0.3 is 4.74 Å². The molecule has 0 N–H and O–H groups in total. The highest BCUT2D eigenvalue weighted by molar-refractivity contribution is 9.10. The zero-order valence-electron chi connectivity index (χ0n) is 13.6. The molecule has 2 aromatic carbocycles. The summed E-state index contributed by atoms with van der Waals surface area (Å²) in [5.41, 5.74) is 0.373. The molecular weight excluding hydrogens is 474 g/mol. The molecule has 0 bridgehead atoms. The Morgan fingerprint density at radius 2 is 1.72 bits per heavy atom. The normalized spacial score (nSPS) is 11.4. The molecule has 0 aliphatic rings. The Hall–Kier alpha value is -1.38. The summed E-state index contributed by atoms with van der Waals surface area (Å²) in [6.07, 6.45) is -0.327. The van der Waals surface area contributed by atoms with Gasteiger partial charge in [-0.15, -0.1) is 0 Å². The number of esters is 1. The molecule has 25 heavy (non-hydrogen) atoms. The molecule has 0 heterocycles. The number of benzene rings is 2. The summed E-state index contributed by atoms with van der Waals surface area (Å²) in [7, 11) is -3.93. The minimum absolute atomic E-state index is 0.0908. The van der Waals surface area contributed by atoms with E-state index in [1.165, 1.54) is 12.1 Å². The van der Waals surface area contributed by atoms with Crippen LogP contribution in [-0.2, 0) is 19.6 Å². The predicted molar refractivity (Wildman–Crippen MR) is 104 cm³/mol. The van der Waals surface area contributed by atoms with E-state index in [9.17, 15) is 13.2 Å². The molecule has 0 fully saturated rings. The van der Waals surface area contributed by atoms with Gasteiger partial charge >= 0.3 is 5.97 Å². The van der Waals surface area contributed by atoms with E-state index in [0.717, 1.165) is 8.78 Å². The van der Waals surface area contributed by atoms with Gasteiger partial charge in [-0.3, -0.25) is 9.10 Å². The first kappa shape index (κ1) is 19.9. The van der Waals surface area contributed by atoms with Gasteiger partial charge in [-0.1, -0.05) is 37.9 Å². The zero-order valence-corrected chi connectivity index (χ0v) is 17.6. The monoisotopic (exact) mass is 489 g/mol. The Balaban J connectivity index is 2.46. The van der Waals surface area contributed by atoms with Crippen molar-refractivity contribution >= 4 is 53.5 Å². The van der Waals surface area contributed by atoms with Crippen molar-refractivity contribution in [2.75, 3.05) is 10.8 Å². The van der Waals surface area contributed by atoms with E-state index in [1.807, 2.05) is 0 Å². The number of rotatable bonds is 6. The maximum atomic E-state index is 13.1. The van der Waals surface area contributed by atoms with Crippen LogP contribution in [0.15, 0.2) is 62.4 Å². The quantitative estimate of drug-likeness (QED) is 0.564. The zero-order chi connectivity index (χ0) is 18.6. The van der Waals surface area contributed by atoms with Gasteiger partial charge in [-0.05, 0) is 56.3 Å². The molecule has 0 aliphatic carbocycles. The van der Waals surface area contributed by atoms with Crippen molar-refractivity contribution in [3.05, 3.63) is 57.5 Å². The van der Waals surface area contributed by atoms with Crippen molar-refractivity contribution in [1.82, 2.24) is 0 Å². The second-order valence-corrected chi connectivity index (χ2v) is 9.18. The second kappa shape index (κ2) is 8.33. The molecule has 0 saturated carbocycles. The Kier molecular flexibility index (Phi) is 6.65. The molecule has 5 nitrogen and oxygen atoms in total. The summed E-state index contributed by atoms with van der Waals surface area (Å²) < 4.78 is 33.8. The highest BCUT2D eigenvalue weighted by atomic mass is 79.9. The number of ether oxygens (including phenoxy) is 1. The molecule has 0 aromatic heterocycles. The Bertz CT molecular complexity index is 851. The van der Waals surface area contributed by atoms with Crippen LogP contribution in [0.25, 0.3) is 0 Å². The molecule has 0 saturated heterocycles. The molecule has 2 aromatic rings. The minimum atomic E-state index is -3.93. The van der Waals surface area contributed by atoms with E-state index in [2.05, 4.69) is 31.9 Å². The van der Waals surface area contributed by atoms with Crippen molar-refractivity contribution in [2.24, 2.45) is 0 Å². The lowest BCUT2D eigenvalue weighted by Gasteiger charge is -2.24. The number of halogens is 2. The topological polar surface area (TPSA) is 63.7 Å². The average Bonchev–Trinajstić information content (AvgIpc) is 2.52. The van der Waals surface area contributed by atoms with E-state index in [4.69, 9.17) is 4.74 Å².